The summed E-state index contributed by atoms with van der Waals surface area (Å²) in [6.45, 7) is 7.22. The fourth-order valence-corrected chi connectivity index (χ4v) is 4.56. The third-order valence-electron chi connectivity index (χ3n) is 6.78. The van der Waals surface area contributed by atoms with E-state index in [4.69, 9.17) is 4.52 Å². The van der Waals surface area contributed by atoms with Gasteiger partial charge in [-0.1, -0.05) is 51.1 Å². The van der Waals surface area contributed by atoms with E-state index in [1.807, 2.05) is 0 Å². The normalized spacial score (nSPS) is 16.9. The molecule has 1 aliphatic heterocycles. The number of carbonyl (C=O) groups excluding carboxylic acids is 4. The van der Waals surface area contributed by atoms with Gasteiger partial charge < -0.3 is 24.8 Å². The molecule has 14 heteroatoms. The van der Waals surface area contributed by atoms with Gasteiger partial charge in [0.1, 0.15) is 12.1 Å². The fraction of sp³-hybridized carbons (Fsp3) is 0.556. The standard InChI is InChI=1S/C27H34F3N5O6/c1-14(2)20(22(36)23-31-19(41-34-23)13-16-8-6-9-17(12-16)27(28,29)30)32-24(37)18-10-7-11-35(18)25(38)21(15(3)4)33-26(39)40-5/h6,8-9,12,14-15,18,20-21H,7,10-11,13H2,1-5H3,(H,32,37)(H,33,39)/t18?,20-,21-/m0/s1. The van der Waals surface area contributed by atoms with Crippen molar-refractivity contribution >= 4 is 23.7 Å². The molecule has 1 fully saturated rings. The number of carbonyl (C=O) groups is 4. The number of likely N-dealkylation sites (tertiary alicyclic amines) is 1. The molecule has 0 radical (unpaired) electrons. The van der Waals surface area contributed by atoms with Crippen molar-refractivity contribution in [3.8, 4) is 0 Å². The highest BCUT2D eigenvalue weighted by Gasteiger charge is 2.40. The largest absolute Gasteiger partial charge is 0.453 e. The van der Waals surface area contributed by atoms with Crippen LogP contribution in [0.3, 0.4) is 0 Å². The van der Waals surface area contributed by atoms with E-state index in [0.717, 1.165) is 12.1 Å². The van der Waals surface area contributed by atoms with Crippen molar-refractivity contribution in [1.29, 1.82) is 0 Å². The Hall–Kier alpha value is -3.97. The highest BCUT2D eigenvalue weighted by molar-refractivity contribution is 6.00. The Kier molecular flexibility index (Phi) is 10.1. The third kappa shape index (κ3) is 7.82. The Morgan fingerprint density at radius 3 is 2.39 bits per heavy atom. The number of ketones is 1. The van der Waals surface area contributed by atoms with Gasteiger partial charge in [-0.25, -0.2) is 4.79 Å². The summed E-state index contributed by atoms with van der Waals surface area (Å²) in [5, 5.41) is 8.90. The Morgan fingerprint density at radius 1 is 1.10 bits per heavy atom. The summed E-state index contributed by atoms with van der Waals surface area (Å²) in [7, 11) is 1.18. The van der Waals surface area contributed by atoms with Gasteiger partial charge in [-0.2, -0.15) is 18.2 Å². The van der Waals surface area contributed by atoms with Crippen molar-refractivity contribution in [2.45, 2.75) is 71.3 Å². The number of Topliss-reactive ketones (excluding diaryl/α,β-unsaturated/α-hetero) is 1. The number of hydrogen-bond acceptors (Lipinski definition) is 8. The number of benzene rings is 1. The predicted octanol–water partition coefficient (Wildman–Crippen LogP) is 3.37. The van der Waals surface area contributed by atoms with Gasteiger partial charge >= 0.3 is 12.3 Å². The quantitative estimate of drug-likeness (QED) is 0.407. The molecule has 1 aromatic heterocycles. The maximum Gasteiger partial charge on any atom is 0.416 e. The van der Waals surface area contributed by atoms with Gasteiger partial charge in [-0.05, 0) is 36.3 Å². The number of alkyl halides is 3. The summed E-state index contributed by atoms with van der Waals surface area (Å²) in [5.41, 5.74) is -0.558. The first-order valence-electron chi connectivity index (χ1n) is 13.2. The number of amides is 3. The summed E-state index contributed by atoms with van der Waals surface area (Å²) in [4.78, 5) is 57.1. The number of nitrogens with zero attached hydrogens (tertiary/aromatic N) is 3. The third-order valence-corrected chi connectivity index (χ3v) is 6.78. The molecule has 41 heavy (non-hydrogen) atoms. The number of ether oxygens (including phenoxy) is 1. The first-order chi connectivity index (χ1) is 19.2. The van der Waals surface area contributed by atoms with Crippen LogP contribution in [0.25, 0.3) is 0 Å². The number of methoxy groups -OCH3 is 1. The zero-order valence-electron chi connectivity index (χ0n) is 23.4. The van der Waals surface area contributed by atoms with Crippen LogP contribution >= 0.6 is 0 Å². The van der Waals surface area contributed by atoms with Crippen LogP contribution in [0.5, 0.6) is 0 Å². The molecule has 2 aromatic rings. The van der Waals surface area contributed by atoms with Crippen LogP contribution < -0.4 is 10.6 Å². The van der Waals surface area contributed by atoms with Gasteiger partial charge in [-0.15, -0.1) is 0 Å². The Labute approximate surface area is 235 Å². The van der Waals surface area contributed by atoms with Gasteiger partial charge in [0.2, 0.25) is 29.3 Å². The smallest absolute Gasteiger partial charge is 0.416 e. The topological polar surface area (TPSA) is 144 Å². The SMILES string of the molecule is COC(=O)N[C@H](C(=O)N1CCCC1C(=O)N[C@H](C(=O)c1noc(Cc2cccc(C(F)(F)F)c2)n1)C(C)C)C(C)C. The van der Waals surface area contributed by atoms with Gasteiger partial charge in [0.05, 0.1) is 25.1 Å². The van der Waals surface area contributed by atoms with Crippen LogP contribution in [0.2, 0.25) is 0 Å². The van der Waals surface area contributed by atoms with Crippen LogP contribution in [-0.4, -0.2) is 70.5 Å². The van der Waals surface area contributed by atoms with Gasteiger partial charge in [-0.3, -0.25) is 14.4 Å². The summed E-state index contributed by atoms with van der Waals surface area (Å²) >= 11 is 0. The minimum atomic E-state index is -4.51. The van der Waals surface area contributed by atoms with Gasteiger partial charge in [0.15, 0.2) is 0 Å². The summed E-state index contributed by atoms with van der Waals surface area (Å²) in [6, 6.07) is 1.80. The fourth-order valence-electron chi connectivity index (χ4n) is 4.56. The molecule has 1 unspecified atom stereocenters. The van der Waals surface area contributed by atoms with Crippen LogP contribution in [0, 0.1) is 11.8 Å². The molecule has 1 saturated heterocycles. The van der Waals surface area contributed by atoms with E-state index in [-0.39, 0.29) is 29.6 Å². The van der Waals surface area contributed by atoms with Crippen molar-refractivity contribution in [2.24, 2.45) is 11.8 Å². The number of rotatable bonds is 10. The molecular weight excluding hydrogens is 547 g/mol. The lowest BCUT2D eigenvalue weighted by atomic mass is 9.98. The maximum absolute atomic E-state index is 13.3. The molecule has 3 atom stereocenters. The van der Waals surface area contributed by atoms with E-state index >= 15 is 0 Å². The zero-order valence-corrected chi connectivity index (χ0v) is 23.4. The molecule has 3 rings (SSSR count). The van der Waals surface area contributed by atoms with Crippen molar-refractivity contribution < 1.29 is 41.6 Å². The van der Waals surface area contributed by atoms with Crippen molar-refractivity contribution in [1.82, 2.24) is 25.7 Å². The first-order valence-corrected chi connectivity index (χ1v) is 13.2. The van der Waals surface area contributed by atoms with Crippen LogP contribution in [0.4, 0.5) is 18.0 Å². The van der Waals surface area contributed by atoms with E-state index in [9.17, 15) is 32.3 Å². The van der Waals surface area contributed by atoms with Crippen molar-refractivity contribution in [3.63, 3.8) is 0 Å². The summed E-state index contributed by atoms with van der Waals surface area (Å²) in [6.07, 6.45) is -4.49. The van der Waals surface area contributed by atoms with E-state index < -0.39 is 59.5 Å². The predicted molar refractivity (Wildman–Crippen MR) is 139 cm³/mol. The maximum atomic E-state index is 13.3. The summed E-state index contributed by atoms with van der Waals surface area (Å²) < 4.78 is 48.8. The minimum Gasteiger partial charge on any atom is -0.453 e. The Balaban J connectivity index is 1.72. The monoisotopic (exact) mass is 581 g/mol. The van der Waals surface area contributed by atoms with Gasteiger partial charge in [0, 0.05) is 6.54 Å². The number of aromatic nitrogens is 2. The average molecular weight is 582 g/mol. The highest BCUT2D eigenvalue weighted by Crippen LogP contribution is 2.30. The number of hydrogen-bond donors (Lipinski definition) is 2. The number of alkyl carbamates (subject to hydrolysis) is 1. The lowest BCUT2D eigenvalue weighted by molar-refractivity contribution is -0.141. The second-order valence-electron chi connectivity index (χ2n) is 10.5. The van der Waals surface area contributed by atoms with Crippen molar-refractivity contribution in [2.75, 3.05) is 13.7 Å². The second kappa shape index (κ2) is 13.1. The second-order valence-corrected chi connectivity index (χ2v) is 10.5. The van der Waals surface area contributed by atoms with Crippen LogP contribution in [0.1, 0.15) is 68.2 Å². The molecule has 0 spiro atoms. The molecule has 11 nitrogen and oxygen atoms in total. The molecule has 2 N–H and O–H groups in total. The molecule has 1 aromatic carbocycles. The van der Waals surface area contributed by atoms with E-state index in [1.54, 1.807) is 27.7 Å². The molecule has 3 amide bonds. The zero-order chi connectivity index (χ0) is 30.5. The molecule has 0 saturated carbocycles. The minimum absolute atomic E-state index is 0.0631. The molecule has 224 valence electrons. The Morgan fingerprint density at radius 2 is 1.78 bits per heavy atom. The highest BCUT2D eigenvalue weighted by atomic mass is 19.4. The molecule has 1 aliphatic rings. The van der Waals surface area contributed by atoms with Crippen molar-refractivity contribution in [3.05, 3.63) is 47.1 Å². The molecule has 0 aliphatic carbocycles. The lowest BCUT2D eigenvalue weighted by Gasteiger charge is -2.31. The van der Waals surface area contributed by atoms with E-state index in [1.165, 1.54) is 24.1 Å². The molecule has 2 heterocycles. The van der Waals surface area contributed by atoms with Crippen LogP contribution in [0.15, 0.2) is 28.8 Å². The Bertz CT molecular complexity index is 1260. The number of nitrogens with one attached hydrogen (secondary N) is 2. The molecule has 0 bridgehead atoms. The molecular formula is C27H34F3N5O6. The van der Waals surface area contributed by atoms with Gasteiger partial charge in [0.25, 0.3) is 0 Å². The van der Waals surface area contributed by atoms with E-state index in [2.05, 4.69) is 25.5 Å². The first kappa shape index (κ1) is 31.6. The number of halogens is 3. The lowest BCUT2D eigenvalue weighted by Crippen LogP contribution is -2.57. The average Bonchev–Trinajstić information content (AvgIpc) is 3.59. The van der Waals surface area contributed by atoms with Crippen LogP contribution in [-0.2, 0) is 26.9 Å². The van der Waals surface area contributed by atoms with E-state index in [0.29, 0.717) is 19.4 Å². The summed E-state index contributed by atoms with van der Waals surface area (Å²) in [5.74, 6) is -2.69.